The Kier molecular flexibility index (Phi) is 6.78. The number of aliphatic imine (C=N–C) groups is 1. The predicted molar refractivity (Wildman–Crippen MR) is 116 cm³/mol. The van der Waals surface area contributed by atoms with Crippen molar-refractivity contribution in [2.75, 3.05) is 19.6 Å². The van der Waals surface area contributed by atoms with Gasteiger partial charge in [-0.15, -0.1) is 11.3 Å². The molecule has 1 unspecified atom stereocenters. The van der Waals surface area contributed by atoms with Crippen LogP contribution in [0, 0.1) is 0 Å². The van der Waals surface area contributed by atoms with Crippen molar-refractivity contribution >= 4 is 17.3 Å². The standard InChI is InChI=1S/C21H33N5OS/c1-6-22-20(25-13-19-23-12-18(27-19)21(3,4)5)24-11-15(2)26-9-7-17-16(14-26)8-10-28-17/h8,10,12,15H,6-7,9,11,13-14H2,1-5H3,(H2,22,24,25). The Morgan fingerprint density at radius 2 is 2.21 bits per heavy atom. The van der Waals surface area contributed by atoms with E-state index < -0.39 is 0 Å². The third-order valence-corrected chi connectivity index (χ3v) is 6.06. The Labute approximate surface area is 172 Å². The first kappa shape index (κ1) is 20.9. The van der Waals surface area contributed by atoms with Gasteiger partial charge in [0.25, 0.3) is 0 Å². The van der Waals surface area contributed by atoms with Crippen LogP contribution in [0.3, 0.4) is 0 Å². The largest absolute Gasteiger partial charge is 0.443 e. The number of fused-ring (bicyclic) bond motifs is 1. The Morgan fingerprint density at radius 1 is 1.39 bits per heavy atom. The minimum atomic E-state index is -0.0378. The van der Waals surface area contributed by atoms with Gasteiger partial charge in [-0.2, -0.15) is 0 Å². The highest BCUT2D eigenvalue weighted by Gasteiger charge is 2.22. The Bertz CT molecular complexity index is 789. The van der Waals surface area contributed by atoms with Crippen LogP contribution < -0.4 is 10.6 Å². The summed E-state index contributed by atoms with van der Waals surface area (Å²) in [6.45, 7) is 15.0. The van der Waals surface area contributed by atoms with E-state index in [4.69, 9.17) is 4.42 Å². The highest BCUT2D eigenvalue weighted by molar-refractivity contribution is 7.10. The second kappa shape index (κ2) is 9.09. The van der Waals surface area contributed by atoms with E-state index in [1.54, 1.807) is 4.88 Å². The molecule has 1 atom stereocenters. The maximum atomic E-state index is 5.84. The Balaban J connectivity index is 1.54. The molecule has 0 fully saturated rings. The summed E-state index contributed by atoms with van der Waals surface area (Å²) in [6.07, 6.45) is 2.97. The van der Waals surface area contributed by atoms with E-state index in [-0.39, 0.29) is 5.41 Å². The molecule has 0 bridgehead atoms. The van der Waals surface area contributed by atoms with Gasteiger partial charge in [-0.1, -0.05) is 20.8 Å². The zero-order valence-corrected chi connectivity index (χ0v) is 18.5. The van der Waals surface area contributed by atoms with Crippen molar-refractivity contribution in [2.45, 2.75) is 65.6 Å². The lowest BCUT2D eigenvalue weighted by molar-refractivity contribution is 0.192. The SMILES string of the molecule is CCNC(=NCc1ncc(C(C)(C)C)o1)NCC(C)N1CCc2sccc2C1. The lowest BCUT2D eigenvalue weighted by Crippen LogP contribution is -2.47. The van der Waals surface area contributed by atoms with Crippen LogP contribution >= 0.6 is 11.3 Å². The van der Waals surface area contributed by atoms with Gasteiger partial charge in [-0.3, -0.25) is 4.90 Å². The Morgan fingerprint density at radius 3 is 2.93 bits per heavy atom. The number of thiophene rings is 1. The molecule has 3 rings (SSSR count). The molecule has 0 spiro atoms. The third kappa shape index (κ3) is 5.35. The van der Waals surface area contributed by atoms with Gasteiger partial charge < -0.3 is 15.1 Å². The zero-order valence-electron chi connectivity index (χ0n) is 17.7. The van der Waals surface area contributed by atoms with E-state index in [0.717, 1.165) is 44.3 Å². The summed E-state index contributed by atoms with van der Waals surface area (Å²) >= 11 is 1.89. The van der Waals surface area contributed by atoms with Gasteiger partial charge >= 0.3 is 0 Å². The molecule has 1 aliphatic rings. The molecule has 3 heterocycles. The first-order valence-corrected chi connectivity index (χ1v) is 11.0. The van der Waals surface area contributed by atoms with Gasteiger partial charge in [0.1, 0.15) is 12.3 Å². The van der Waals surface area contributed by atoms with E-state index in [2.05, 4.69) is 71.6 Å². The summed E-state index contributed by atoms with van der Waals surface area (Å²) in [7, 11) is 0. The van der Waals surface area contributed by atoms with Gasteiger partial charge in [-0.25, -0.2) is 9.98 Å². The van der Waals surface area contributed by atoms with Crippen molar-refractivity contribution in [1.82, 2.24) is 20.5 Å². The van der Waals surface area contributed by atoms with Crippen LogP contribution in [0.25, 0.3) is 0 Å². The second-order valence-corrected chi connectivity index (χ2v) is 9.38. The van der Waals surface area contributed by atoms with Gasteiger partial charge in [0, 0.05) is 42.5 Å². The van der Waals surface area contributed by atoms with E-state index in [9.17, 15) is 0 Å². The molecule has 0 aromatic carbocycles. The highest BCUT2D eigenvalue weighted by Crippen LogP contribution is 2.25. The molecule has 0 saturated carbocycles. The van der Waals surface area contributed by atoms with Gasteiger partial charge in [0.15, 0.2) is 5.96 Å². The Hall–Kier alpha value is -1.86. The maximum Gasteiger partial charge on any atom is 0.216 e. The quantitative estimate of drug-likeness (QED) is 0.570. The summed E-state index contributed by atoms with van der Waals surface area (Å²) in [5.74, 6) is 2.34. The second-order valence-electron chi connectivity index (χ2n) is 8.38. The molecule has 1 aliphatic heterocycles. The fourth-order valence-electron chi connectivity index (χ4n) is 3.24. The highest BCUT2D eigenvalue weighted by atomic mass is 32.1. The first-order chi connectivity index (χ1) is 13.4. The normalized spacial score (nSPS) is 16.7. The lowest BCUT2D eigenvalue weighted by atomic mass is 9.94. The van der Waals surface area contributed by atoms with Crippen LogP contribution in [0.1, 0.15) is 56.7 Å². The van der Waals surface area contributed by atoms with Gasteiger partial charge in [-0.05, 0) is 37.3 Å². The molecular formula is C21H33N5OS. The molecule has 0 radical (unpaired) electrons. The molecule has 0 saturated heterocycles. The number of oxazole rings is 1. The monoisotopic (exact) mass is 403 g/mol. The van der Waals surface area contributed by atoms with E-state index in [0.29, 0.717) is 18.5 Å². The summed E-state index contributed by atoms with van der Waals surface area (Å²) < 4.78 is 5.84. The van der Waals surface area contributed by atoms with Crippen LogP contribution in [0.5, 0.6) is 0 Å². The van der Waals surface area contributed by atoms with E-state index in [1.165, 1.54) is 5.56 Å². The number of nitrogens with one attached hydrogen (secondary N) is 2. The van der Waals surface area contributed by atoms with E-state index >= 15 is 0 Å². The van der Waals surface area contributed by atoms with E-state index in [1.807, 2.05) is 17.5 Å². The van der Waals surface area contributed by atoms with Crippen molar-refractivity contribution in [3.05, 3.63) is 39.7 Å². The minimum absolute atomic E-state index is 0.0378. The van der Waals surface area contributed by atoms with Crippen LogP contribution in [-0.4, -0.2) is 41.5 Å². The summed E-state index contributed by atoms with van der Waals surface area (Å²) in [4.78, 5) is 13.1. The molecule has 154 valence electrons. The van der Waals surface area contributed by atoms with Gasteiger partial charge in [0.2, 0.25) is 5.89 Å². The minimum Gasteiger partial charge on any atom is -0.443 e. The lowest BCUT2D eigenvalue weighted by Gasteiger charge is -2.32. The fourth-order valence-corrected chi connectivity index (χ4v) is 4.13. The van der Waals surface area contributed by atoms with Crippen LogP contribution in [0.4, 0.5) is 0 Å². The summed E-state index contributed by atoms with van der Waals surface area (Å²) in [6, 6.07) is 2.70. The van der Waals surface area contributed by atoms with Crippen LogP contribution in [0.2, 0.25) is 0 Å². The van der Waals surface area contributed by atoms with Crippen molar-refractivity contribution < 1.29 is 4.42 Å². The number of hydrogen-bond donors (Lipinski definition) is 2. The summed E-state index contributed by atoms with van der Waals surface area (Å²) in [5.41, 5.74) is 1.45. The third-order valence-electron chi connectivity index (χ3n) is 5.03. The van der Waals surface area contributed by atoms with Crippen molar-refractivity contribution in [1.29, 1.82) is 0 Å². The van der Waals surface area contributed by atoms with Crippen LogP contribution in [0.15, 0.2) is 27.1 Å². The number of aromatic nitrogens is 1. The maximum absolute atomic E-state index is 5.84. The molecule has 0 aliphatic carbocycles. The molecule has 6 nitrogen and oxygen atoms in total. The average molecular weight is 404 g/mol. The molecule has 2 aromatic heterocycles. The fraction of sp³-hybridized carbons (Fsp3) is 0.619. The number of guanidine groups is 1. The summed E-state index contributed by atoms with van der Waals surface area (Å²) in [5, 5.41) is 8.99. The van der Waals surface area contributed by atoms with Gasteiger partial charge in [0.05, 0.1) is 6.20 Å². The topological polar surface area (TPSA) is 65.7 Å². The smallest absolute Gasteiger partial charge is 0.216 e. The number of hydrogen-bond acceptors (Lipinski definition) is 5. The molecule has 0 amide bonds. The number of rotatable bonds is 6. The van der Waals surface area contributed by atoms with Crippen molar-refractivity contribution in [2.24, 2.45) is 4.99 Å². The molecule has 7 heteroatoms. The first-order valence-electron chi connectivity index (χ1n) is 10.1. The molecule has 2 N–H and O–H groups in total. The molecular weight excluding hydrogens is 370 g/mol. The average Bonchev–Trinajstić information content (AvgIpc) is 3.31. The zero-order chi connectivity index (χ0) is 20.1. The predicted octanol–water partition coefficient (Wildman–Crippen LogP) is 3.54. The molecule has 2 aromatic rings. The molecule has 28 heavy (non-hydrogen) atoms. The number of nitrogens with zero attached hydrogens (tertiary/aromatic N) is 3. The van der Waals surface area contributed by atoms with Crippen LogP contribution in [-0.2, 0) is 24.9 Å². The van der Waals surface area contributed by atoms with Crippen molar-refractivity contribution in [3.63, 3.8) is 0 Å². The van der Waals surface area contributed by atoms with Crippen molar-refractivity contribution in [3.8, 4) is 0 Å².